The van der Waals surface area contributed by atoms with Gasteiger partial charge in [-0.25, -0.2) is 9.97 Å². The number of nitrogens with zero attached hydrogens (tertiary/aromatic N) is 8. The molecule has 0 fully saturated rings. The van der Waals surface area contributed by atoms with Crippen LogP contribution in [0.15, 0.2) is 24.3 Å². The van der Waals surface area contributed by atoms with Crippen molar-refractivity contribution in [2.75, 3.05) is 28.4 Å². The standard InChI is InChI=1S/2C11H14N4O2/c2*1-7-5-9(16-3)13-11(12-7)15-10(17-4)6-8(2)14-15/h2*5-6H,1-4H3. The average Bonchev–Trinajstić information content (AvgIpc) is 3.40. The predicted octanol–water partition coefficient (Wildman–Crippen LogP) is 2.59. The molecule has 0 spiro atoms. The molecule has 0 saturated carbocycles. The van der Waals surface area contributed by atoms with E-state index in [4.69, 9.17) is 18.9 Å². The molecule has 12 heteroatoms. The molecule has 0 bridgehead atoms. The van der Waals surface area contributed by atoms with E-state index in [1.165, 1.54) is 0 Å². The summed E-state index contributed by atoms with van der Waals surface area (Å²) in [6.45, 7) is 7.51. The summed E-state index contributed by atoms with van der Waals surface area (Å²) in [5, 5.41) is 8.56. The molecule has 12 nitrogen and oxygen atoms in total. The van der Waals surface area contributed by atoms with E-state index in [0.717, 1.165) is 22.8 Å². The molecule has 0 radical (unpaired) electrons. The Bertz CT molecular complexity index is 1170. The Morgan fingerprint density at radius 3 is 1.21 bits per heavy atom. The monoisotopic (exact) mass is 468 g/mol. The number of methoxy groups -OCH3 is 4. The van der Waals surface area contributed by atoms with Crippen LogP contribution in [0.2, 0.25) is 0 Å². The highest BCUT2D eigenvalue weighted by Crippen LogP contribution is 2.19. The fourth-order valence-corrected chi connectivity index (χ4v) is 2.98. The smallest absolute Gasteiger partial charge is 0.257 e. The molecule has 0 aliphatic rings. The van der Waals surface area contributed by atoms with E-state index in [-0.39, 0.29) is 0 Å². The quantitative estimate of drug-likeness (QED) is 0.417. The maximum atomic E-state index is 5.21. The Kier molecular flexibility index (Phi) is 7.61. The first-order chi connectivity index (χ1) is 16.3. The van der Waals surface area contributed by atoms with Gasteiger partial charge in [0, 0.05) is 35.7 Å². The number of rotatable bonds is 6. The molecule has 34 heavy (non-hydrogen) atoms. The van der Waals surface area contributed by atoms with Crippen molar-refractivity contribution in [2.24, 2.45) is 0 Å². The number of ether oxygens (including phenoxy) is 4. The molecule has 4 aromatic heterocycles. The minimum Gasteiger partial charge on any atom is -0.481 e. The zero-order valence-corrected chi connectivity index (χ0v) is 20.5. The molecular formula is C22H28N8O4. The SMILES string of the molecule is COc1cc(C)nc(-n2nc(C)cc2OC)n1.COc1cc(C)nc(-n2nc(C)cc2OC)n1. The lowest BCUT2D eigenvalue weighted by Crippen LogP contribution is -2.07. The van der Waals surface area contributed by atoms with Crippen molar-refractivity contribution in [1.82, 2.24) is 39.5 Å². The van der Waals surface area contributed by atoms with Crippen LogP contribution in [0.3, 0.4) is 0 Å². The molecule has 0 N–H and O–H groups in total. The summed E-state index contributed by atoms with van der Waals surface area (Å²) in [4.78, 5) is 17.1. The summed E-state index contributed by atoms with van der Waals surface area (Å²) < 4.78 is 23.7. The Morgan fingerprint density at radius 1 is 0.500 bits per heavy atom. The van der Waals surface area contributed by atoms with E-state index in [9.17, 15) is 0 Å². The molecule has 0 aliphatic carbocycles. The summed E-state index contributed by atoms with van der Waals surface area (Å²) in [6, 6.07) is 7.15. The fourth-order valence-electron chi connectivity index (χ4n) is 2.98. The van der Waals surface area contributed by atoms with Crippen molar-refractivity contribution in [1.29, 1.82) is 0 Å². The molecule has 180 valence electrons. The van der Waals surface area contributed by atoms with Gasteiger partial charge < -0.3 is 18.9 Å². The first-order valence-electron chi connectivity index (χ1n) is 10.3. The van der Waals surface area contributed by atoms with Gasteiger partial charge in [-0.3, -0.25) is 0 Å². The van der Waals surface area contributed by atoms with Crippen LogP contribution >= 0.6 is 0 Å². The molecule has 4 heterocycles. The van der Waals surface area contributed by atoms with Crippen molar-refractivity contribution in [3.8, 4) is 35.4 Å². The van der Waals surface area contributed by atoms with Crippen LogP contribution in [0.4, 0.5) is 0 Å². The van der Waals surface area contributed by atoms with Gasteiger partial charge in [0.2, 0.25) is 23.5 Å². The minimum absolute atomic E-state index is 0.437. The van der Waals surface area contributed by atoms with Crippen molar-refractivity contribution in [2.45, 2.75) is 27.7 Å². The summed E-state index contributed by atoms with van der Waals surface area (Å²) in [7, 11) is 6.30. The van der Waals surface area contributed by atoms with Gasteiger partial charge in [0.05, 0.1) is 39.8 Å². The molecule has 0 aromatic carbocycles. The van der Waals surface area contributed by atoms with Crippen molar-refractivity contribution in [3.63, 3.8) is 0 Å². The molecule has 0 saturated heterocycles. The van der Waals surface area contributed by atoms with Crippen LogP contribution in [-0.4, -0.2) is 67.9 Å². The van der Waals surface area contributed by atoms with E-state index in [1.807, 2.05) is 39.8 Å². The largest absolute Gasteiger partial charge is 0.481 e. The highest BCUT2D eigenvalue weighted by atomic mass is 16.5. The first kappa shape index (κ1) is 24.4. The topological polar surface area (TPSA) is 124 Å². The Labute approximate surface area is 197 Å². The van der Waals surface area contributed by atoms with Crippen LogP contribution < -0.4 is 18.9 Å². The zero-order chi connectivity index (χ0) is 24.8. The molecule has 0 unspecified atom stereocenters. The minimum atomic E-state index is 0.437. The zero-order valence-electron chi connectivity index (χ0n) is 20.5. The predicted molar refractivity (Wildman–Crippen MR) is 123 cm³/mol. The van der Waals surface area contributed by atoms with Gasteiger partial charge in [-0.05, 0) is 27.7 Å². The second-order valence-corrected chi connectivity index (χ2v) is 7.18. The third kappa shape index (κ3) is 5.57. The van der Waals surface area contributed by atoms with Crippen molar-refractivity contribution >= 4 is 0 Å². The Morgan fingerprint density at radius 2 is 0.882 bits per heavy atom. The lowest BCUT2D eigenvalue weighted by Gasteiger charge is -2.06. The maximum absolute atomic E-state index is 5.21. The second-order valence-electron chi connectivity index (χ2n) is 7.18. The normalized spacial score (nSPS) is 10.4. The number of hydrogen-bond donors (Lipinski definition) is 0. The van der Waals surface area contributed by atoms with Gasteiger partial charge in [0.25, 0.3) is 11.9 Å². The van der Waals surface area contributed by atoms with Crippen LogP contribution in [0.25, 0.3) is 11.9 Å². The van der Waals surface area contributed by atoms with E-state index in [0.29, 0.717) is 35.4 Å². The van der Waals surface area contributed by atoms with Crippen LogP contribution in [0.5, 0.6) is 23.5 Å². The number of aromatic nitrogens is 8. The molecule has 0 amide bonds. The Hall–Kier alpha value is -4.22. The van der Waals surface area contributed by atoms with Crippen LogP contribution in [-0.2, 0) is 0 Å². The van der Waals surface area contributed by atoms with Gasteiger partial charge in [-0.15, -0.1) is 0 Å². The highest BCUT2D eigenvalue weighted by molar-refractivity contribution is 5.29. The summed E-state index contributed by atoms with van der Waals surface area (Å²) >= 11 is 0. The highest BCUT2D eigenvalue weighted by Gasteiger charge is 2.13. The molecule has 0 atom stereocenters. The molecule has 0 aliphatic heterocycles. The summed E-state index contributed by atoms with van der Waals surface area (Å²) in [6.07, 6.45) is 0. The van der Waals surface area contributed by atoms with Gasteiger partial charge in [0.15, 0.2) is 0 Å². The number of aryl methyl sites for hydroxylation is 4. The summed E-state index contributed by atoms with van der Waals surface area (Å²) in [5.74, 6) is 3.06. The molecular weight excluding hydrogens is 440 g/mol. The van der Waals surface area contributed by atoms with Gasteiger partial charge in [-0.1, -0.05) is 0 Å². The first-order valence-corrected chi connectivity index (χ1v) is 10.3. The average molecular weight is 469 g/mol. The van der Waals surface area contributed by atoms with Gasteiger partial charge in [-0.2, -0.15) is 29.5 Å². The number of hydrogen-bond acceptors (Lipinski definition) is 10. The lowest BCUT2D eigenvalue weighted by molar-refractivity contribution is 0.375. The van der Waals surface area contributed by atoms with Crippen molar-refractivity contribution in [3.05, 3.63) is 47.0 Å². The second kappa shape index (κ2) is 10.6. The van der Waals surface area contributed by atoms with Gasteiger partial charge in [0.1, 0.15) is 0 Å². The Balaban J connectivity index is 0.000000191. The molecule has 4 aromatic rings. The third-order valence-corrected chi connectivity index (χ3v) is 4.45. The summed E-state index contributed by atoms with van der Waals surface area (Å²) in [5.41, 5.74) is 3.29. The maximum Gasteiger partial charge on any atom is 0.257 e. The van der Waals surface area contributed by atoms with Gasteiger partial charge >= 0.3 is 0 Å². The van der Waals surface area contributed by atoms with Crippen molar-refractivity contribution < 1.29 is 18.9 Å². The van der Waals surface area contributed by atoms with E-state index in [1.54, 1.807) is 49.9 Å². The van der Waals surface area contributed by atoms with Crippen LogP contribution in [0.1, 0.15) is 22.8 Å². The van der Waals surface area contributed by atoms with E-state index >= 15 is 0 Å². The van der Waals surface area contributed by atoms with Crippen LogP contribution in [0, 0.1) is 27.7 Å². The third-order valence-electron chi connectivity index (χ3n) is 4.45. The van der Waals surface area contributed by atoms with E-state index < -0.39 is 0 Å². The lowest BCUT2D eigenvalue weighted by atomic mass is 10.4. The van der Waals surface area contributed by atoms with E-state index in [2.05, 4.69) is 30.1 Å². The molecule has 4 rings (SSSR count). The fraction of sp³-hybridized carbons (Fsp3) is 0.364.